The fourth-order valence-electron chi connectivity index (χ4n) is 15.7. The lowest BCUT2D eigenvalue weighted by molar-refractivity contribution is 0.0657. The van der Waals surface area contributed by atoms with Gasteiger partial charge in [0.1, 0.15) is 17.5 Å². The van der Waals surface area contributed by atoms with E-state index in [1.54, 1.807) is 0 Å². The van der Waals surface area contributed by atoms with E-state index in [-0.39, 0.29) is 35.8 Å². The molecule has 528 valence electrons. The number of amides is 3. The molecule has 3 aromatic carbocycles. The molecule has 3 N–H and O–H groups in total. The van der Waals surface area contributed by atoms with Crippen molar-refractivity contribution in [1.29, 1.82) is 0 Å². The molecule has 3 amide bonds. The quantitative estimate of drug-likeness (QED) is 0.149. The van der Waals surface area contributed by atoms with Crippen molar-refractivity contribution in [1.82, 2.24) is 73.7 Å². The summed E-state index contributed by atoms with van der Waals surface area (Å²) >= 11 is 0. The highest BCUT2D eigenvalue weighted by molar-refractivity contribution is 6.46. The predicted octanol–water partition coefficient (Wildman–Crippen LogP) is 3.30. The van der Waals surface area contributed by atoms with Gasteiger partial charge in [-0.25, -0.2) is 15.0 Å². The van der Waals surface area contributed by atoms with Crippen LogP contribution in [0.2, 0.25) is 20.5 Å². The Labute approximate surface area is 582 Å². The maximum atomic E-state index is 13.4. The monoisotopic (exact) mass is 1360 g/mol. The molecule has 0 radical (unpaired) electrons. The normalized spacial score (nSPS) is 22.8. The van der Waals surface area contributed by atoms with Crippen molar-refractivity contribution in [2.45, 2.75) is 77.1 Å². The Morgan fingerprint density at radius 2 is 0.626 bits per heavy atom. The minimum Gasteiger partial charge on any atom is -0.437 e. The number of likely N-dealkylation sites (N-methyl/N-ethyl adjacent to an activating group) is 3. The van der Waals surface area contributed by atoms with E-state index in [2.05, 4.69) is 65.0 Å². The molecule has 99 heavy (non-hydrogen) atoms. The van der Waals surface area contributed by atoms with Gasteiger partial charge in [0.15, 0.2) is 0 Å². The van der Waals surface area contributed by atoms with E-state index in [4.69, 9.17) is 44.1 Å². The Kier molecular flexibility index (Phi) is 22.9. The third-order valence-electron chi connectivity index (χ3n) is 21.5. The number of carbonyl (C=O) groups excluding carboxylic acids is 3. The summed E-state index contributed by atoms with van der Waals surface area (Å²) in [6, 6.07) is 11.7. The number of ether oxygens (including phenoxy) is 3. The molecule has 0 saturated carbocycles. The minimum atomic E-state index is -0.556. The SMILES string of the molecule is CB(O)N1CCCC1c1cc(C(=O)N2CCN(C)CC2)cc2ncc(N3CCOCC3)nc12.CB(O)N1CCCC1c1cc(C(=O)N2CCN(C)CC2)cc2ncc(N3CCOCC3)nc12.CB(O)N1CCCC1c1cc(C(=O)N2CCN(C)CC2)cc2ncc(N3CCOCC3)nc12. The third-order valence-corrected chi connectivity index (χ3v) is 21.5. The summed E-state index contributed by atoms with van der Waals surface area (Å²) in [5.41, 5.74) is 9.64. The topological polar surface area (TPSA) is 256 Å². The summed E-state index contributed by atoms with van der Waals surface area (Å²) in [6.07, 6.45) is 11.2. The maximum absolute atomic E-state index is 13.4. The molecule has 6 aromatic rings. The second kappa shape index (κ2) is 32.0. The number of morpholine rings is 3. The van der Waals surface area contributed by atoms with Crippen LogP contribution in [0.15, 0.2) is 55.0 Å². The van der Waals surface area contributed by atoms with Gasteiger partial charge in [0, 0.05) is 153 Å². The molecule has 15 rings (SSSR count). The lowest BCUT2D eigenvalue weighted by Gasteiger charge is -2.33. The third kappa shape index (κ3) is 16.1. The van der Waals surface area contributed by atoms with Crippen LogP contribution in [0, 0.1) is 0 Å². The van der Waals surface area contributed by atoms with E-state index >= 15 is 0 Å². The number of aromatic nitrogens is 6. The Morgan fingerprint density at radius 1 is 0.374 bits per heavy atom. The smallest absolute Gasteiger partial charge is 0.376 e. The average molecular weight is 1360 g/mol. The van der Waals surface area contributed by atoms with Crippen molar-refractivity contribution < 1.29 is 43.7 Å². The molecule has 3 atom stereocenters. The number of benzene rings is 3. The van der Waals surface area contributed by atoms with Crippen LogP contribution in [0.5, 0.6) is 0 Å². The second-order valence-corrected chi connectivity index (χ2v) is 28.2. The summed E-state index contributed by atoms with van der Waals surface area (Å²) in [4.78, 5) is 95.0. The molecular weight excluding hydrogens is 1260 g/mol. The van der Waals surface area contributed by atoms with Crippen molar-refractivity contribution in [2.24, 2.45) is 0 Å². The maximum Gasteiger partial charge on any atom is 0.376 e. The first-order chi connectivity index (χ1) is 48.0. The van der Waals surface area contributed by atoms with Crippen molar-refractivity contribution in [3.05, 3.63) is 88.4 Å². The van der Waals surface area contributed by atoms with Crippen molar-refractivity contribution >= 4 is 89.4 Å². The molecule has 30 heteroatoms. The van der Waals surface area contributed by atoms with Crippen LogP contribution in [-0.2, 0) is 14.2 Å². The van der Waals surface area contributed by atoms with Gasteiger partial charge in [-0.05, 0) is 153 Å². The molecule has 9 aliphatic rings. The van der Waals surface area contributed by atoms with Gasteiger partial charge >= 0.3 is 21.2 Å². The molecule has 9 saturated heterocycles. The highest BCUT2D eigenvalue weighted by atomic mass is 16.5. The lowest BCUT2D eigenvalue weighted by Crippen LogP contribution is -2.47. The zero-order valence-corrected chi connectivity index (χ0v) is 58.8. The number of carbonyl (C=O) groups is 3. The van der Waals surface area contributed by atoms with Crippen molar-refractivity contribution in [3.8, 4) is 0 Å². The van der Waals surface area contributed by atoms with Crippen LogP contribution in [0.4, 0.5) is 17.5 Å². The molecule has 27 nitrogen and oxygen atoms in total. The number of nitrogens with zero attached hydrogens (tertiary/aromatic N) is 18. The second-order valence-electron chi connectivity index (χ2n) is 28.2. The van der Waals surface area contributed by atoms with Crippen LogP contribution in [0.3, 0.4) is 0 Å². The van der Waals surface area contributed by atoms with Gasteiger partial charge in [-0.3, -0.25) is 29.3 Å². The number of anilines is 3. The fraction of sp³-hybridized carbons (Fsp3) is 0.609. The molecule has 0 spiro atoms. The summed E-state index contributed by atoms with van der Waals surface area (Å²) < 4.78 is 16.5. The van der Waals surface area contributed by atoms with Gasteiger partial charge in [-0.2, -0.15) is 0 Å². The van der Waals surface area contributed by atoms with Gasteiger partial charge < -0.3 is 87.8 Å². The minimum absolute atomic E-state index is 0.0157. The van der Waals surface area contributed by atoms with Crippen molar-refractivity contribution in [3.63, 3.8) is 0 Å². The van der Waals surface area contributed by atoms with E-state index < -0.39 is 21.2 Å². The number of piperazine rings is 3. The van der Waals surface area contributed by atoms with Crippen LogP contribution in [-0.4, -0.2) is 326 Å². The zero-order valence-electron chi connectivity index (χ0n) is 58.8. The molecule has 12 heterocycles. The molecule has 3 unspecified atom stereocenters. The van der Waals surface area contributed by atoms with E-state index in [0.29, 0.717) is 56.3 Å². The number of hydrogen-bond acceptors (Lipinski definition) is 24. The Morgan fingerprint density at radius 3 is 0.869 bits per heavy atom. The highest BCUT2D eigenvalue weighted by Gasteiger charge is 2.38. The van der Waals surface area contributed by atoms with E-state index in [9.17, 15) is 29.5 Å². The molecule has 9 fully saturated rings. The first-order valence-electron chi connectivity index (χ1n) is 36.2. The number of hydrogen-bond donors (Lipinski definition) is 3. The number of rotatable bonds is 12. The van der Waals surface area contributed by atoms with Gasteiger partial charge in [0.05, 0.1) is 91.3 Å². The highest BCUT2D eigenvalue weighted by Crippen LogP contribution is 2.41. The standard InChI is InChI=1S/3C23H33BN6O3/c3*1-24(32)30-5-3-4-20(30)18-14-17(23(31)29-8-6-27(2)7-9-29)15-19-22(18)26-21(16-25-19)28-10-12-33-13-11-28/h3*14-16,20,32H,3-13H2,1-2H3. The van der Waals surface area contributed by atoms with Crippen molar-refractivity contribution in [2.75, 3.05) is 213 Å². The first-order valence-corrected chi connectivity index (χ1v) is 36.2. The lowest BCUT2D eigenvalue weighted by atomic mass is 9.82. The molecule has 9 aliphatic heterocycles. The fourth-order valence-corrected chi connectivity index (χ4v) is 15.7. The Balaban J connectivity index is 0.000000133. The van der Waals surface area contributed by atoms with Crippen LogP contribution >= 0.6 is 0 Å². The zero-order chi connectivity index (χ0) is 68.8. The first kappa shape index (κ1) is 70.6. The number of fused-ring (bicyclic) bond motifs is 3. The van der Waals surface area contributed by atoms with E-state index in [1.807, 2.05) is 90.2 Å². The Hall–Kier alpha value is -6.80. The molecule has 3 aromatic heterocycles. The van der Waals surface area contributed by atoms with Gasteiger partial charge in [-0.1, -0.05) is 0 Å². The summed E-state index contributed by atoms with van der Waals surface area (Å²) in [6.45, 7) is 26.4. The Bertz CT molecular complexity index is 3400. The predicted molar refractivity (Wildman–Crippen MR) is 385 cm³/mol. The van der Waals surface area contributed by atoms with Crippen LogP contribution < -0.4 is 14.7 Å². The van der Waals surface area contributed by atoms with Gasteiger partial charge in [0.2, 0.25) is 0 Å². The van der Waals surface area contributed by atoms with Crippen LogP contribution in [0.1, 0.15) is 104 Å². The average Bonchev–Trinajstić information content (AvgIpc) is 1.72. The van der Waals surface area contributed by atoms with Gasteiger partial charge in [-0.15, -0.1) is 0 Å². The molecule has 0 aliphatic carbocycles. The van der Waals surface area contributed by atoms with Gasteiger partial charge in [0.25, 0.3) is 17.7 Å². The molecular formula is C69H99B3N18O9. The van der Waals surface area contributed by atoms with E-state index in [0.717, 1.165) is 243 Å². The summed E-state index contributed by atoms with van der Waals surface area (Å²) in [5, 5.41) is 31.2. The van der Waals surface area contributed by atoms with E-state index in [1.165, 1.54) is 0 Å². The largest absolute Gasteiger partial charge is 0.437 e. The summed E-state index contributed by atoms with van der Waals surface area (Å²) in [7, 11) is 4.59. The van der Waals surface area contributed by atoms with Crippen LogP contribution in [0.25, 0.3) is 33.1 Å². The molecule has 0 bridgehead atoms. The summed E-state index contributed by atoms with van der Waals surface area (Å²) in [5.74, 6) is 2.66.